The van der Waals surface area contributed by atoms with Crippen LogP contribution in [0.3, 0.4) is 0 Å². The average molecular weight is 517 g/mol. The summed E-state index contributed by atoms with van der Waals surface area (Å²) in [6.07, 6.45) is -6.88. The number of halogens is 2. The molecule has 0 saturated carbocycles. The van der Waals surface area contributed by atoms with E-state index in [1.807, 2.05) is 30.3 Å². The molecule has 1 heterocycles. The van der Waals surface area contributed by atoms with Gasteiger partial charge >= 0.3 is 5.97 Å². The summed E-state index contributed by atoms with van der Waals surface area (Å²) < 4.78 is 26.9. The number of benzene rings is 2. The highest BCUT2D eigenvalue weighted by atomic mass is 35.5. The molecule has 2 aromatic rings. The summed E-state index contributed by atoms with van der Waals surface area (Å²) in [6.45, 7) is 1.13. The van der Waals surface area contributed by atoms with Crippen LogP contribution < -0.4 is 9.47 Å². The van der Waals surface area contributed by atoms with E-state index in [1.165, 1.54) is 14.2 Å². The lowest BCUT2D eigenvalue weighted by molar-refractivity contribution is -0.293. The van der Waals surface area contributed by atoms with Crippen LogP contribution in [-0.4, -0.2) is 72.8 Å². The van der Waals surface area contributed by atoms with Gasteiger partial charge in [-0.1, -0.05) is 53.5 Å². The number of rotatable bonds is 8. The fourth-order valence-corrected chi connectivity index (χ4v) is 4.24. The van der Waals surface area contributed by atoms with Crippen molar-refractivity contribution in [1.82, 2.24) is 0 Å². The zero-order valence-corrected chi connectivity index (χ0v) is 20.2. The van der Waals surface area contributed by atoms with Gasteiger partial charge in [-0.2, -0.15) is 0 Å². The highest BCUT2D eigenvalue weighted by Crippen LogP contribution is 2.46. The van der Waals surface area contributed by atoms with Gasteiger partial charge in [0.2, 0.25) is 0 Å². The molecule has 34 heavy (non-hydrogen) atoms. The third-order valence-electron chi connectivity index (χ3n) is 5.46. The van der Waals surface area contributed by atoms with Gasteiger partial charge in [0.25, 0.3) is 0 Å². The normalized spacial score (nSPS) is 24.5. The number of aliphatic hydroxyl groups excluding tert-OH is 3. The first-order valence-electron chi connectivity index (χ1n) is 10.3. The van der Waals surface area contributed by atoms with Crippen molar-refractivity contribution in [2.24, 2.45) is 0 Å². The number of esters is 1. The second-order valence-electron chi connectivity index (χ2n) is 7.58. The number of methoxy groups -OCH3 is 2. The van der Waals surface area contributed by atoms with E-state index in [9.17, 15) is 20.1 Å². The van der Waals surface area contributed by atoms with Crippen molar-refractivity contribution in [3.8, 4) is 11.5 Å². The van der Waals surface area contributed by atoms with Crippen LogP contribution in [0.4, 0.5) is 0 Å². The molecule has 0 spiro atoms. The van der Waals surface area contributed by atoms with E-state index in [0.717, 1.165) is 5.56 Å². The van der Waals surface area contributed by atoms with Crippen molar-refractivity contribution in [2.75, 3.05) is 20.8 Å². The van der Waals surface area contributed by atoms with Gasteiger partial charge in [-0.25, -0.2) is 4.79 Å². The second-order valence-corrected chi connectivity index (χ2v) is 8.33. The van der Waals surface area contributed by atoms with Crippen molar-refractivity contribution in [3.63, 3.8) is 0 Å². The Kier molecular flexibility index (Phi) is 9.00. The molecule has 0 amide bonds. The fourth-order valence-electron chi connectivity index (χ4n) is 3.63. The summed E-state index contributed by atoms with van der Waals surface area (Å²) in [5, 5.41) is 30.3. The Bertz CT molecular complexity index is 1000. The monoisotopic (exact) mass is 516 g/mol. The summed E-state index contributed by atoms with van der Waals surface area (Å²) in [6, 6.07) is 9.34. The minimum atomic E-state index is -1.59. The van der Waals surface area contributed by atoms with Crippen molar-refractivity contribution < 1.29 is 43.8 Å². The van der Waals surface area contributed by atoms with Crippen LogP contribution in [0.2, 0.25) is 10.0 Å². The van der Waals surface area contributed by atoms with Crippen molar-refractivity contribution >= 4 is 29.2 Å². The summed E-state index contributed by atoms with van der Waals surface area (Å²) in [7, 11) is 2.58. The largest absolute Gasteiger partial charge is 0.494 e. The lowest BCUT2D eigenvalue weighted by Gasteiger charge is -2.40. The highest BCUT2D eigenvalue weighted by Gasteiger charge is 2.47. The smallest absolute Gasteiger partial charge is 0.342 e. The van der Waals surface area contributed by atoms with Gasteiger partial charge in [-0.3, -0.25) is 0 Å². The molecule has 186 valence electrons. The van der Waals surface area contributed by atoms with Crippen LogP contribution in [0.1, 0.15) is 21.5 Å². The molecule has 5 atom stereocenters. The maximum absolute atomic E-state index is 13.2. The topological polar surface area (TPSA) is 124 Å². The van der Waals surface area contributed by atoms with E-state index in [-0.39, 0.29) is 39.3 Å². The predicted molar refractivity (Wildman–Crippen MR) is 122 cm³/mol. The maximum Gasteiger partial charge on any atom is 0.342 e. The molecular formula is C23H26Cl2O9. The van der Waals surface area contributed by atoms with Gasteiger partial charge in [0.1, 0.15) is 35.5 Å². The van der Waals surface area contributed by atoms with E-state index in [0.29, 0.717) is 0 Å². The Hall–Kier alpha value is -2.11. The Morgan fingerprint density at radius 2 is 1.74 bits per heavy atom. The summed E-state index contributed by atoms with van der Waals surface area (Å²) >= 11 is 13.0. The quantitative estimate of drug-likeness (QED) is 0.453. The molecule has 3 N–H and O–H groups in total. The van der Waals surface area contributed by atoms with Crippen LogP contribution in [-0.2, 0) is 20.8 Å². The number of aliphatic hydroxyl groups is 3. The van der Waals surface area contributed by atoms with Gasteiger partial charge in [-0.15, -0.1) is 0 Å². The van der Waals surface area contributed by atoms with E-state index >= 15 is 0 Å². The number of hydrogen-bond donors (Lipinski definition) is 3. The van der Waals surface area contributed by atoms with Gasteiger partial charge in [0.05, 0.1) is 18.7 Å². The lowest BCUT2D eigenvalue weighted by Crippen LogP contribution is -2.60. The van der Waals surface area contributed by atoms with Crippen LogP contribution in [0.5, 0.6) is 11.5 Å². The molecule has 0 aliphatic carbocycles. The Morgan fingerprint density at radius 1 is 1.06 bits per heavy atom. The summed E-state index contributed by atoms with van der Waals surface area (Å²) in [4.78, 5) is 13.2. The number of carbonyl (C=O) groups excluding carboxylic acids is 1. The Labute approximate surface area is 206 Å². The third kappa shape index (κ3) is 5.26. The van der Waals surface area contributed by atoms with E-state index in [1.54, 1.807) is 6.92 Å². The van der Waals surface area contributed by atoms with Gasteiger partial charge < -0.3 is 39.0 Å². The van der Waals surface area contributed by atoms with E-state index in [2.05, 4.69) is 0 Å². The minimum absolute atomic E-state index is 0.0420. The molecule has 1 aliphatic rings. The summed E-state index contributed by atoms with van der Waals surface area (Å²) in [5.74, 6) is -0.869. The predicted octanol–water partition coefficient (Wildman–Crippen LogP) is 2.50. The third-order valence-corrected chi connectivity index (χ3v) is 6.26. The van der Waals surface area contributed by atoms with Crippen LogP contribution >= 0.6 is 23.2 Å². The molecule has 1 aliphatic heterocycles. The average Bonchev–Trinajstić information content (AvgIpc) is 2.84. The van der Waals surface area contributed by atoms with Crippen LogP contribution in [0, 0.1) is 6.92 Å². The molecule has 1 fully saturated rings. The fraction of sp³-hybridized carbons (Fsp3) is 0.435. The number of ether oxygens (including phenoxy) is 5. The first-order chi connectivity index (χ1) is 16.2. The van der Waals surface area contributed by atoms with Gasteiger partial charge in [0, 0.05) is 7.11 Å². The first-order valence-corrected chi connectivity index (χ1v) is 11.1. The first kappa shape index (κ1) is 26.5. The van der Waals surface area contributed by atoms with Gasteiger partial charge in [-0.05, 0) is 18.1 Å². The molecule has 11 heteroatoms. The molecular weight excluding hydrogens is 491 g/mol. The zero-order valence-electron chi connectivity index (χ0n) is 18.7. The Morgan fingerprint density at radius 3 is 2.32 bits per heavy atom. The van der Waals surface area contributed by atoms with Crippen LogP contribution in [0.25, 0.3) is 0 Å². The second kappa shape index (κ2) is 11.5. The maximum atomic E-state index is 13.2. The van der Waals surface area contributed by atoms with Gasteiger partial charge in [0.15, 0.2) is 23.9 Å². The molecule has 0 bridgehead atoms. The minimum Gasteiger partial charge on any atom is -0.494 e. The zero-order chi connectivity index (χ0) is 25.0. The van der Waals surface area contributed by atoms with Crippen molar-refractivity contribution in [2.45, 2.75) is 44.2 Å². The van der Waals surface area contributed by atoms with Crippen molar-refractivity contribution in [3.05, 3.63) is 57.1 Å². The molecule has 0 unspecified atom stereocenters. The van der Waals surface area contributed by atoms with E-state index < -0.39 is 43.3 Å². The van der Waals surface area contributed by atoms with Crippen LogP contribution in [0.15, 0.2) is 30.3 Å². The molecule has 1 saturated heterocycles. The standard InChI is InChI=1S/C23H26Cl2O9/c1-11-14(22(29)34-19-13(9-26)33-23(31-3)18(28)17(19)27)20(30-2)16(25)21(15(11)24)32-10-12-7-5-4-6-8-12/h4-8,13,17-19,23,26-28H,9-10H2,1-3H3/t13-,17-,18-,19+,23-/m1/s1. The van der Waals surface area contributed by atoms with E-state index in [4.69, 9.17) is 46.9 Å². The number of carbonyl (C=O) groups is 1. The number of hydrogen-bond acceptors (Lipinski definition) is 9. The molecule has 0 aromatic heterocycles. The molecule has 9 nitrogen and oxygen atoms in total. The lowest BCUT2D eigenvalue weighted by atomic mass is 9.98. The molecule has 3 rings (SSSR count). The summed E-state index contributed by atoms with van der Waals surface area (Å²) in [5.41, 5.74) is 1.04. The molecule has 0 radical (unpaired) electrons. The van der Waals surface area contributed by atoms with Crippen molar-refractivity contribution in [1.29, 1.82) is 0 Å². The Balaban J connectivity index is 1.90. The molecule has 2 aromatic carbocycles. The SMILES string of the molecule is COc1c(Cl)c(OCc2ccccc2)c(Cl)c(C)c1C(=O)O[C@@H]1[C@H](O)[C@@H](O)[C@H](OC)O[C@@H]1CO. The highest BCUT2D eigenvalue weighted by molar-refractivity contribution is 6.39.